The van der Waals surface area contributed by atoms with E-state index in [0.29, 0.717) is 17.4 Å². The fraction of sp³-hybridized carbons (Fsp3) is 0.810. The molecule has 0 fully saturated rings. The molecule has 0 saturated heterocycles. The molecule has 0 rings (SSSR count). The molecule has 5 nitrogen and oxygen atoms in total. The largest absolute Gasteiger partial charge is 0.481 e. The molecule has 5 heteroatoms. The summed E-state index contributed by atoms with van der Waals surface area (Å²) in [6, 6.07) is 0. The van der Waals surface area contributed by atoms with Crippen molar-refractivity contribution in [3.8, 4) is 0 Å². The van der Waals surface area contributed by atoms with E-state index in [-0.39, 0.29) is 12.4 Å². The van der Waals surface area contributed by atoms with E-state index in [0.717, 1.165) is 19.3 Å². The molecule has 1 unspecified atom stereocenters. The highest BCUT2D eigenvalue weighted by Gasteiger charge is 2.24. The molecule has 0 heterocycles. The Hall–Kier alpha value is -1.36. The smallest absolute Gasteiger partial charge is 0.307 e. The average Bonchev–Trinajstić information content (AvgIpc) is 2.50. The van der Waals surface area contributed by atoms with Crippen molar-refractivity contribution in [1.82, 2.24) is 0 Å². The van der Waals surface area contributed by atoms with Gasteiger partial charge in [-0.1, -0.05) is 51.2 Å². The van der Waals surface area contributed by atoms with Crippen LogP contribution in [0.4, 0.5) is 0 Å². The quantitative estimate of drug-likeness (QED) is 0.187. The highest BCUT2D eigenvalue weighted by molar-refractivity contribution is 5.71. The molecule has 0 aromatic heterocycles. The number of rotatable bonds is 16. The van der Waals surface area contributed by atoms with E-state index in [9.17, 15) is 9.59 Å². The fourth-order valence-corrected chi connectivity index (χ4v) is 2.84. The van der Waals surface area contributed by atoms with Crippen LogP contribution in [0.3, 0.4) is 0 Å². The lowest BCUT2D eigenvalue weighted by atomic mass is 10.1. The van der Waals surface area contributed by atoms with Gasteiger partial charge >= 0.3 is 11.9 Å². The van der Waals surface area contributed by atoms with Crippen LogP contribution in [0.1, 0.15) is 77.6 Å². The second-order valence-corrected chi connectivity index (χ2v) is 8.10. The van der Waals surface area contributed by atoms with Gasteiger partial charge in [0.1, 0.15) is 6.54 Å². The first kappa shape index (κ1) is 24.6. The molecular weight excluding hydrogens is 330 g/mol. The summed E-state index contributed by atoms with van der Waals surface area (Å²) in [7, 11) is 5.87. The third-order valence-electron chi connectivity index (χ3n) is 4.09. The number of esters is 1. The van der Waals surface area contributed by atoms with E-state index in [1.165, 1.54) is 38.5 Å². The second-order valence-electron chi connectivity index (χ2n) is 8.10. The van der Waals surface area contributed by atoms with E-state index in [4.69, 9.17) is 9.84 Å². The van der Waals surface area contributed by atoms with Crippen molar-refractivity contribution in [2.45, 2.75) is 83.7 Å². The van der Waals surface area contributed by atoms with Gasteiger partial charge in [-0.15, -0.1) is 0 Å². The third kappa shape index (κ3) is 17.5. The Bertz CT molecular complexity index is 413. The predicted octanol–water partition coefficient (Wildman–Crippen LogP) is 4.56. The van der Waals surface area contributed by atoms with Gasteiger partial charge in [0.25, 0.3) is 0 Å². The number of hydrogen-bond donors (Lipinski definition) is 1. The number of quaternary nitrogens is 1. The summed E-state index contributed by atoms with van der Waals surface area (Å²) >= 11 is 0. The highest BCUT2D eigenvalue weighted by atomic mass is 16.5. The lowest BCUT2D eigenvalue weighted by molar-refractivity contribution is -0.873. The van der Waals surface area contributed by atoms with Crippen LogP contribution in [0.5, 0.6) is 0 Å². The minimum atomic E-state index is -0.936. The summed E-state index contributed by atoms with van der Waals surface area (Å²) in [5.41, 5.74) is 0. The molecular formula is C21H40NO4+. The molecule has 0 aromatic carbocycles. The summed E-state index contributed by atoms with van der Waals surface area (Å²) in [6.45, 7) is 2.73. The minimum Gasteiger partial charge on any atom is -0.481 e. The fourth-order valence-electron chi connectivity index (χ4n) is 2.84. The summed E-state index contributed by atoms with van der Waals surface area (Å²) < 4.78 is 5.93. The molecule has 0 aliphatic carbocycles. The molecule has 26 heavy (non-hydrogen) atoms. The van der Waals surface area contributed by atoms with Gasteiger partial charge in [0.2, 0.25) is 0 Å². The van der Waals surface area contributed by atoms with Crippen molar-refractivity contribution in [1.29, 1.82) is 0 Å². The van der Waals surface area contributed by atoms with Gasteiger partial charge in [-0.2, -0.15) is 0 Å². The van der Waals surface area contributed by atoms with Crippen LogP contribution in [0.2, 0.25) is 0 Å². The Morgan fingerprint density at radius 1 is 0.962 bits per heavy atom. The molecule has 0 saturated carbocycles. The Balaban J connectivity index is 3.85. The summed E-state index contributed by atoms with van der Waals surface area (Å²) in [4.78, 5) is 22.9. The molecule has 0 aliphatic rings. The molecule has 1 atom stereocenters. The van der Waals surface area contributed by atoms with Crippen molar-refractivity contribution in [3.63, 3.8) is 0 Å². The van der Waals surface area contributed by atoms with Crippen LogP contribution >= 0.6 is 0 Å². The Kier molecular flexibility index (Phi) is 14.0. The molecule has 1 N–H and O–H groups in total. The van der Waals surface area contributed by atoms with Gasteiger partial charge in [-0.3, -0.25) is 9.59 Å². The van der Waals surface area contributed by atoms with Crippen molar-refractivity contribution in [3.05, 3.63) is 12.2 Å². The number of carboxylic acids is 1. The number of carbonyl (C=O) groups excluding carboxylic acids is 1. The van der Waals surface area contributed by atoms with Crippen molar-refractivity contribution in [2.75, 3.05) is 27.7 Å². The SMILES string of the molecule is CCCCCCCCC=CCCCC(=O)OC(CC(=O)O)C[N+](C)(C)C. The Morgan fingerprint density at radius 2 is 1.54 bits per heavy atom. The monoisotopic (exact) mass is 370 g/mol. The molecule has 0 aliphatic heterocycles. The maximum atomic E-state index is 11.9. The number of unbranched alkanes of at least 4 members (excludes halogenated alkanes) is 7. The number of ether oxygens (including phenoxy) is 1. The number of allylic oxidation sites excluding steroid dienone is 2. The summed E-state index contributed by atoms with van der Waals surface area (Å²) in [6.07, 6.45) is 14.5. The molecule has 0 amide bonds. The van der Waals surface area contributed by atoms with Gasteiger partial charge in [0.15, 0.2) is 6.10 Å². The first-order valence-corrected chi connectivity index (χ1v) is 10.1. The van der Waals surface area contributed by atoms with Crippen molar-refractivity contribution >= 4 is 11.9 Å². The number of likely N-dealkylation sites (N-methyl/N-ethyl adjacent to an activating group) is 1. The third-order valence-corrected chi connectivity index (χ3v) is 4.09. The lowest BCUT2D eigenvalue weighted by Gasteiger charge is -2.28. The van der Waals surface area contributed by atoms with Gasteiger partial charge < -0.3 is 14.3 Å². The summed E-state index contributed by atoms with van der Waals surface area (Å²) in [5, 5.41) is 8.96. The van der Waals surface area contributed by atoms with Crippen LogP contribution in [-0.2, 0) is 14.3 Å². The van der Waals surface area contributed by atoms with E-state index >= 15 is 0 Å². The number of carbonyl (C=O) groups is 2. The maximum Gasteiger partial charge on any atom is 0.307 e. The molecule has 0 radical (unpaired) electrons. The number of hydrogen-bond acceptors (Lipinski definition) is 3. The average molecular weight is 371 g/mol. The van der Waals surface area contributed by atoms with Gasteiger partial charge in [-0.05, 0) is 25.7 Å². The Morgan fingerprint density at radius 3 is 2.12 bits per heavy atom. The van der Waals surface area contributed by atoms with Crippen LogP contribution < -0.4 is 0 Å². The van der Waals surface area contributed by atoms with Gasteiger partial charge in [0, 0.05) is 6.42 Å². The molecule has 0 aromatic rings. The van der Waals surface area contributed by atoms with Crippen molar-refractivity contribution in [2.24, 2.45) is 0 Å². The lowest BCUT2D eigenvalue weighted by Crippen LogP contribution is -2.43. The minimum absolute atomic E-state index is 0.139. The predicted molar refractivity (Wildman–Crippen MR) is 106 cm³/mol. The standard InChI is InChI=1S/C21H39NO4/c1-5-6-7-8-9-10-11-12-13-14-15-16-21(25)26-19(17-20(23)24)18-22(2,3)4/h12-13,19H,5-11,14-18H2,1-4H3/p+1. The van der Waals surface area contributed by atoms with Crippen LogP contribution in [0.15, 0.2) is 12.2 Å². The maximum absolute atomic E-state index is 11.9. The van der Waals surface area contributed by atoms with Gasteiger partial charge in [0.05, 0.1) is 27.6 Å². The van der Waals surface area contributed by atoms with E-state index in [1.54, 1.807) is 0 Å². The van der Waals surface area contributed by atoms with Crippen LogP contribution in [-0.4, -0.2) is 55.3 Å². The zero-order valence-corrected chi connectivity index (χ0v) is 17.3. The molecule has 152 valence electrons. The van der Waals surface area contributed by atoms with Gasteiger partial charge in [-0.25, -0.2) is 0 Å². The first-order valence-electron chi connectivity index (χ1n) is 10.1. The number of carboxylic acid groups (broad SMARTS) is 1. The van der Waals surface area contributed by atoms with E-state index < -0.39 is 12.1 Å². The van der Waals surface area contributed by atoms with E-state index in [2.05, 4.69) is 19.1 Å². The topological polar surface area (TPSA) is 63.6 Å². The van der Waals surface area contributed by atoms with E-state index in [1.807, 2.05) is 21.1 Å². The Labute approximate surface area is 160 Å². The first-order chi connectivity index (χ1) is 12.2. The zero-order valence-electron chi connectivity index (χ0n) is 17.3. The summed E-state index contributed by atoms with van der Waals surface area (Å²) in [5.74, 6) is -1.23. The molecule has 0 spiro atoms. The van der Waals surface area contributed by atoms with Crippen LogP contribution in [0, 0.1) is 0 Å². The van der Waals surface area contributed by atoms with Crippen molar-refractivity contribution < 1.29 is 23.9 Å². The second kappa shape index (κ2) is 14.8. The molecule has 0 bridgehead atoms. The zero-order chi connectivity index (χ0) is 19.8. The highest BCUT2D eigenvalue weighted by Crippen LogP contribution is 2.10. The number of aliphatic carboxylic acids is 1. The van der Waals surface area contributed by atoms with Crippen LogP contribution in [0.25, 0.3) is 0 Å². The number of nitrogens with zero attached hydrogens (tertiary/aromatic N) is 1. The normalized spacial score (nSPS) is 13.1.